The van der Waals surface area contributed by atoms with Crippen LogP contribution >= 0.6 is 23.2 Å². The van der Waals surface area contributed by atoms with E-state index in [0.717, 1.165) is 6.07 Å². The van der Waals surface area contributed by atoms with Crippen LogP contribution in [0.25, 0.3) is 0 Å². The van der Waals surface area contributed by atoms with Crippen molar-refractivity contribution < 1.29 is 23.1 Å². The quantitative estimate of drug-likeness (QED) is 0.260. The molecule has 1 amide bonds. The van der Waals surface area contributed by atoms with Gasteiger partial charge >= 0.3 is 0 Å². The molecule has 223 valence electrons. The minimum Gasteiger partial charge on any atom is -0.495 e. The SMILES string of the molecule is C[B]C(=O)c1ccc(NC(=O)[C@@H]2N[C@@H](CC(C)(C)C)[C@](C#N)(c3ccc(Cl)cc3F)[C@H]2c2cccc(Cl)c2F)c(OC)c1. The Morgan fingerprint density at radius 1 is 1.14 bits per heavy atom. The van der Waals surface area contributed by atoms with E-state index in [1.165, 1.54) is 56.9 Å². The predicted octanol–water partition coefficient (Wildman–Crippen LogP) is 7.13. The van der Waals surface area contributed by atoms with Gasteiger partial charge in [-0.3, -0.25) is 4.79 Å². The summed E-state index contributed by atoms with van der Waals surface area (Å²) < 4.78 is 37.1. The third kappa shape index (κ3) is 6.28. The van der Waals surface area contributed by atoms with Crippen LogP contribution in [0.15, 0.2) is 54.6 Å². The van der Waals surface area contributed by atoms with E-state index in [1.54, 1.807) is 12.9 Å². The predicted molar refractivity (Wildman–Crippen MR) is 165 cm³/mol. The molecule has 0 spiro atoms. The van der Waals surface area contributed by atoms with E-state index in [-0.39, 0.29) is 43.7 Å². The molecule has 43 heavy (non-hydrogen) atoms. The van der Waals surface area contributed by atoms with Crippen LogP contribution < -0.4 is 15.4 Å². The molecular weight excluding hydrogens is 594 g/mol. The van der Waals surface area contributed by atoms with Crippen molar-refractivity contribution >= 4 is 47.8 Å². The fourth-order valence-corrected chi connectivity index (χ4v) is 6.22. The number of carbonyl (C=O) groups is 2. The third-order valence-corrected chi connectivity index (χ3v) is 8.26. The number of nitrogens with zero attached hydrogens (tertiary/aromatic N) is 1. The van der Waals surface area contributed by atoms with Crippen LogP contribution in [-0.4, -0.2) is 38.1 Å². The first-order chi connectivity index (χ1) is 20.3. The number of hydrogen-bond donors (Lipinski definition) is 2. The molecule has 0 aromatic heterocycles. The van der Waals surface area contributed by atoms with E-state index in [2.05, 4.69) is 16.7 Å². The minimum atomic E-state index is -1.76. The molecule has 3 aromatic rings. The van der Waals surface area contributed by atoms with Gasteiger partial charge in [0.05, 0.1) is 29.9 Å². The summed E-state index contributed by atoms with van der Waals surface area (Å²) in [6.45, 7) is 7.49. The molecule has 4 rings (SSSR count). The van der Waals surface area contributed by atoms with Gasteiger partial charge in [0.2, 0.25) is 13.2 Å². The number of rotatable bonds is 8. The van der Waals surface area contributed by atoms with Gasteiger partial charge in [0.15, 0.2) is 0 Å². The standard InChI is InChI=1S/C32H31BCl2F2N3O3/c1-31(2,3)15-25-32(16-38,20-11-10-18(34)14-22(20)36)26(19-7-6-8-21(35)27(19)37)28(40-25)30(42)39-23-12-9-17(29(41)33-4)13-24(23)43-5/h6-14,25-26,28,40H,15H2,1-5H3,(H,39,42)/t25-,26-,28+,32-/m0/s1. The molecule has 11 heteroatoms. The number of anilines is 1. The van der Waals surface area contributed by atoms with Gasteiger partial charge < -0.3 is 20.2 Å². The van der Waals surface area contributed by atoms with Gasteiger partial charge in [-0.1, -0.05) is 75.1 Å². The highest BCUT2D eigenvalue weighted by molar-refractivity contribution is 6.76. The van der Waals surface area contributed by atoms with Gasteiger partial charge in [0, 0.05) is 28.1 Å². The third-order valence-electron chi connectivity index (χ3n) is 7.74. The first kappa shape index (κ1) is 32.5. The van der Waals surface area contributed by atoms with Crippen LogP contribution in [0.1, 0.15) is 54.6 Å². The van der Waals surface area contributed by atoms with Crippen LogP contribution in [0, 0.1) is 28.4 Å². The number of ether oxygens (including phenoxy) is 1. The monoisotopic (exact) mass is 624 g/mol. The summed E-state index contributed by atoms with van der Waals surface area (Å²) in [7, 11) is 2.81. The van der Waals surface area contributed by atoms with Gasteiger partial charge in [-0.25, -0.2) is 8.78 Å². The van der Waals surface area contributed by atoms with Crippen molar-refractivity contribution in [1.82, 2.24) is 5.32 Å². The minimum absolute atomic E-state index is 0.0150. The molecule has 1 heterocycles. The summed E-state index contributed by atoms with van der Waals surface area (Å²) >= 11 is 12.3. The normalized spacial score (nSPS) is 21.6. The summed E-state index contributed by atoms with van der Waals surface area (Å²) in [4.78, 5) is 26.3. The maximum absolute atomic E-state index is 15.8. The number of halogens is 4. The highest BCUT2D eigenvalue weighted by Crippen LogP contribution is 2.53. The Morgan fingerprint density at radius 3 is 2.47 bits per heavy atom. The molecule has 0 aliphatic carbocycles. The molecule has 1 aliphatic heterocycles. The topological polar surface area (TPSA) is 91.2 Å². The first-order valence-corrected chi connectivity index (χ1v) is 14.4. The maximum Gasteiger partial charge on any atom is 0.242 e. The second kappa shape index (κ2) is 12.7. The van der Waals surface area contributed by atoms with Crippen molar-refractivity contribution in [2.45, 2.75) is 57.4 Å². The molecule has 1 fully saturated rings. The molecule has 4 atom stereocenters. The Morgan fingerprint density at radius 2 is 1.86 bits per heavy atom. The second-order valence-corrected chi connectivity index (χ2v) is 12.6. The number of amides is 1. The zero-order chi connectivity index (χ0) is 31.7. The van der Waals surface area contributed by atoms with Gasteiger partial charge in [-0.15, -0.1) is 0 Å². The summed E-state index contributed by atoms with van der Waals surface area (Å²) in [5, 5.41) is 17.0. The van der Waals surface area contributed by atoms with Crippen molar-refractivity contribution in [2.75, 3.05) is 12.4 Å². The summed E-state index contributed by atoms with van der Waals surface area (Å²) in [5.74, 6) is -3.17. The van der Waals surface area contributed by atoms with Crippen LogP contribution in [-0.2, 0) is 10.2 Å². The number of nitriles is 1. The largest absolute Gasteiger partial charge is 0.495 e. The molecule has 0 unspecified atom stereocenters. The van der Waals surface area contributed by atoms with Crippen molar-refractivity contribution in [3.05, 3.63) is 93.0 Å². The van der Waals surface area contributed by atoms with Gasteiger partial charge in [-0.2, -0.15) is 5.26 Å². The molecule has 1 aliphatic rings. The average Bonchev–Trinajstić information content (AvgIpc) is 3.27. The molecule has 1 saturated heterocycles. The molecular formula is C32H31BCl2F2N3O3. The van der Waals surface area contributed by atoms with E-state index >= 15 is 8.78 Å². The van der Waals surface area contributed by atoms with Crippen molar-refractivity contribution in [2.24, 2.45) is 5.41 Å². The molecule has 3 aromatic carbocycles. The fourth-order valence-electron chi connectivity index (χ4n) is 5.88. The zero-order valence-electron chi connectivity index (χ0n) is 24.4. The van der Waals surface area contributed by atoms with Crippen LogP contribution in [0.5, 0.6) is 5.75 Å². The van der Waals surface area contributed by atoms with Crippen LogP contribution in [0.2, 0.25) is 16.9 Å². The van der Waals surface area contributed by atoms with Gasteiger partial charge in [-0.05, 0) is 47.7 Å². The number of carbonyl (C=O) groups excluding carboxylic acids is 2. The molecule has 1 radical (unpaired) electrons. The number of benzene rings is 3. The first-order valence-electron chi connectivity index (χ1n) is 13.7. The lowest BCUT2D eigenvalue weighted by molar-refractivity contribution is -0.118. The lowest BCUT2D eigenvalue weighted by Crippen LogP contribution is -2.45. The van der Waals surface area contributed by atoms with Crippen molar-refractivity contribution in [3.63, 3.8) is 0 Å². The molecule has 0 bridgehead atoms. The Balaban J connectivity index is 1.93. The van der Waals surface area contributed by atoms with Crippen molar-refractivity contribution in [3.8, 4) is 11.8 Å². The highest BCUT2D eigenvalue weighted by Gasteiger charge is 2.61. The molecule has 6 nitrogen and oxygen atoms in total. The highest BCUT2D eigenvalue weighted by atomic mass is 35.5. The number of nitrogens with one attached hydrogen (secondary N) is 2. The average molecular weight is 625 g/mol. The summed E-state index contributed by atoms with van der Waals surface area (Å²) in [5.41, 5.74) is -1.77. The van der Waals surface area contributed by atoms with E-state index in [0.29, 0.717) is 12.0 Å². The molecule has 0 saturated carbocycles. The fraction of sp³-hybridized carbons (Fsp3) is 0.344. The number of hydrogen-bond acceptors (Lipinski definition) is 5. The summed E-state index contributed by atoms with van der Waals surface area (Å²) in [6, 6.07) is 13.2. The Hall–Kier alpha value is -3.45. The Bertz CT molecular complexity index is 1610. The Labute approximate surface area is 261 Å². The van der Waals surface area contributed by atoms with Crippen molar-refractivity contribution in [1.29, 1.82) is 5.26 Å². The lowest BCUT2D eigenvalue weighted by atomic mass is 9.62. The van der Waals surface area contributed by atoms with E-state index in [9.17, 15) is 14.9 Å². The second-order valence-electron chi connectivity index (χ2n) is 11.7. The zero-order valence-corrected chi connectivity index (χ0v) is 25.9. The maximum atomic E-state index is 15.8. The van der Waals surface area contributed by atoms with E-state index < -0.39 is 41.0 Å². The van der Waals surface area contributed by atoms with Gasteiger partial charge in [0.25, 0.3) is 0 Å². The smallest absolute Gasteiger partial charge is 0.242 e. The summed E-state index contributed by atoms with van der Waals surface area (Å²) in [6.07, 6.45) is 0.332. The van der Waals surface area contributed by atoms with Crippen LogP contribution in [0.4, 0.5) is 14.5 Å². The van der Waals surface area contributed by atoms with E-state index in [4.69, 9.17) is 27.9 Å². The van der Waals surface area contributed by atoms with E-state index in [1.807, 2.05) is 20.8 Å². The van der Waals surface area contributed by atoms with Gasteiger partial charge in [0.1, 0.15) is 28.5 Å². The Kier molecular flexibility index (Phi) is 9.55. The number of methoxy groups -OCH3 is 1. The lowest BCUT2D eigenvalue weighted by Gasteiger charge is -2.37. The van der Waals surface area contributed by atoms with Crippen LogP contribution in [0.3, 0.4) is 0 Å². The molecule has 2 N–H and O–H groups in total.